The van der Waals surface area contributed by atoms with Crippen molar-refractivity contribution < 1.29 is 36.4 Å². The number of ether oxygens (including phenoxy) is 3. The number of esters is 1. The second-order valence-corrected chi connectivity index (χ2v) is 8.73. The molecule has 2 bridgehead atoms. The highest BCUT2D eigenvalue weighted by molar-refractivity contribution is 8.14. The number of thioether (sulfide) groups is 1. The molecule has 134 valence electrons. The first-order chi connectivity index (χ1) is 11.3. The van der Waals surface area contributed by atoms with Gasteiger partial charge in [-0.25, -0.2) is 4.79 Å². The fourth-order valence-electron chi connectivity index (χ4n) is 3.05. The maximum atomic E-state index is 11.8. The van der Waals surface area contributed by atoms with Crippen molar-refractivity contribution in [3.63, 3.8) is 0 Å². The zero-order valence-electron chi connectivity index (χ0n) is 13.0. The number of rotatable bonds is 7. The van der Waals surface area contributed by atoms with Crippen molar-refractivity contribution in [3.05, 3.63) is 12.2 Å². The molecule has 10 heteroatoms. The largest absolute Gasteiger partial charge is 0.463 e. The van der Waals surface area contributed by atoms with Crippen LogP contribution in [-0.2, 0) is 38.1 Å². The molecular weight excluding hydrogens is 360 g/mol. The van der Waals surface area contributed by atoms with Crippen molar-refractivity contribution in [3.8, 4) is 0 Å². The summed E-state index contributed by atoms with van der Waals surface area (Å²) in [7, 11) is -3.60. The summed E-state index contributed by atoms with van der Waals surface area (Å²) in [6.07, 6.45) is -1.83. The fourth-order valence-corrected chi connectivity index (χ4v) is 5.29. The van der Waals surface area contributed by atoms with Gasteiger partial charge in [0.15, 0.2) is 0 Å². The summed E-state index contributed by atoms with van der Waals surface area (Å²) in [5, 5.41) is -0.766. The molecule has 5 unspecified atom stereocenters. The van der Waals surface area contributed by atoms with E-state index in [0.717, 1.165) is 11.8 Å². The third kappa shape index (κ3) is 3.38. The van der Waals surface area contributed by atoms with Crippen LogP contribution in [0.5, 0.6) is 0 Å². The highest BCUT2D eigenvalue weighted by atomic mass is 32.2. The second kappa shape index (κ2) is 6.75. The quantitative estimate of drug-likeness (QED) is 0.262. The lowest BCUT2D eigenvalue weighted by Gasteiger charge is -2.21. The van der Waals surface area contributed by atoms with E-state index in [1.165, 1.54) is 0 Å². The minimum Gasteiger partial charge on any atom is -0.463 e. The average Bonchev–Trinajstić information content (AvgIpc) is 3.11. The van der Waals surface area contributed by atoms with Crippen molar-refractivity contribution in [1.82, 2.24) is 0 Å². The smallest absolute Gasteiger partial charge is 0.332 e. The SMILES string of the molecule is C=C(C)C(=O)SCCOC(=O)COC1C2CC3C(O2)C1OS3(=O)=O. The Morgan fingerprint density at radius 3 is 2.79 bits per heavy atom. The van der Waals surface area contributed by atoms with E-state index in [4.69, 9.17) is 18.4 Å². The molecule has 24 heavy (non-hydrogen) atoms. The molecule has 0 aromatic rings. The first-order valence-electron chi connectivity index (χ1n) is 7.47. The van der Waals surface area contributed by atoms with Crippen molar-refractivity contribution in [1.29, 1.82) is 0 Å². The Kier molecular flexibility index (Phi) is 5.03. The molecule has 3 aliphatic rings. The summed E-state index contributed by atoms with van der Waals surface area (Å²) in [6, 6.07) is 0. The minimum absolute atomic E-state index is 0.0789. The van der Waals surface area contributed by atoms with Gasteiger partial charge in [0.2, 0.25) is 5.12 Å². The highest BCUT2D eigenvalue weighted by Crippen LogP contribution is 2.47. The van der Waals surface area contributed by atoms with Gasteiger partial charge in [0.05, 0.1) is 6.10 Å². The zero-order valence-corrected chi connectivity index (χ0v) is 14.6. The normalized spacial score (nSPS) is 35.1. The van der Waals surface area contributed by atoms with E-state index >= 15 is 0 Å². The van der Waals surface area contributed by atoms with Crippen LogP contribution < -0.4 is 0 Å². The fraction of sp³-hybridized carbons (Fsp3) is 0.714. The maximum Gasteiger partial charge on any atom is 0.332 e. The van der Waals surface area contributed by atoms with E-state index in [9.17, 15) is 18.0 Å². The van der Waals surface area contributed by atoms with E-state index in [2.05, 4.69) is 6.58 Å². The van der Waals surface area contributed by atoms with Crippen molar-refractivity contribution >= 4 is 33.0 Å². The minimum atomic E-state index is -3.60. The summed E-state index contributed by atoms with van der Waals surface area (Å²) in [5.74, 6) is -0.251. The van der Waals surface area contributed by atoms with E-state index < -0.39 is 39.6 Å². The van der Waals surface area contributed by atoms with Gasteiger partial charge in [-0.05, 0) is 18.9 Å². The van der Waals surface area contributed by atoms with Crippen LogP contribution in [-0.4, -0.2) is 68.1 Å². The van der Waals surface area contributed by atoms with Crippen molar-refractivity contribution in [2.75, 3.05) is 19.0 Å². The highest BCUT2D eigenvalue weighted by Gasteiger charge is 2.66. The Morgan fingerprint density at radius 1 is 1.33 bits per heavy atom. The van der Waals surface area contributed by atoms with Gasteiger partial charge in [-0.3, -0.25) is 8.98 Å². The third-order valence-corrected chi connectivity index (χ3v) is 6.79. The van der Waals surface area contributed by atoms with Crippen LogP contribution in [0.2, 0.25) is 0 Å². The molecule has 0 amide bonds. The predicted molar refractivity (Wildman–Crippen MR) is 83.8 cm³/mol. The van der Waals surface area contributed by atoms with Gasteiger partial charge in [0, 0.05) is 5.75 Å². The molecule has 3 fully saturated rings. The zero-order chi connectivity index (χ0) is 17.5. The Hall–Kier alpha value is -0.940. The first-order valence-corrected chi connectivity index (χ1v) is 9.92. The van der Waals surface area contributed by atoms with Crippen LogP contribution in [0, 0.1) is 0 Å². The number of carbonyl (C=O) groups excluding carboxylic acids is 2. The van der Waals surface area contributed by atoms with E-state index in [0.29, 0.717) is 17.7 Å². The molecule has 3 rings (SSSR count). The number of hydrogen-bond donors (Lipinski definition) is 0. The van der Waals surface area contributed by atoms with Gasteiger partial charge in [0.25, 0.3) is 10.1 Å². The van der Waals surface area contributed by atoms with Crippen molar-refractivity contribution in [2.45, 2.75) is 43.0 Å². The molecule has 0 aromatic carbocycles. The standard InChI is InChI=1S/C14H18O8S2/c1-7(2)14(16)23-4-3-19-10(15)6-20-11-8-5-9-12(21-8)13(11)22-24(9,17)18/h8-9,11-13H,1,3-6H2,2H3. The lowest BCUT2D eigenvalue weighted by atomic mass is 9.94. The number of fused-ring (bicyclic) bond motifs is 1. The molecule has 0 spiro atoms. The lowest BCUT2D eigenvalue weighted by Crippen LogP contribution is -2.41. The average molecular weight is 378 g/mol. The van der Waals surface area contributed by atoms with Crippen LogP contribution >= 0.6 is 11.8 Å². The number of hydrogen-bond acceptors (Lipinski definition) is 9. The Morgan fingerprint density at radius 2 is 2.08 bits per heavy atom. The summed E-state index contributed by atoms with van der Waals surface area (Å²) >= 11 is 1.03. The van der Waals surface area contributed by atoms with Gasteiger partial charge in [-0.1, -0.05) is 18.3 Å². The van der Waals surface area contributed by atoms with Gasteiger partial charge >= 0.3 is 5.97 Å². The molecule has 0 saturated carbocycles. The topological polar surface area (TPSA) is 105 Å². The van der Waals surface area contributed by atoms with Crippen molar-refractivity contribution in [2.24, 2.45) is 0 Å². The molecule has 8 nitrogen and oxygen atoms in total. The third-order valence-electron chi connectivity index (χ3n) is 4.11. The summed E-state index contributed by atoms with van der Waals surface area (Å²) in [4.78, 5) is 23.0. The van der Waals surface area contributed by atoms with Crippen LogP contribution in [0.4, 0.5) is 0 Å². The summed E-state index contributed by atoms with van der Waals surface area (Å²) in [6.45, 7) is 4.90. The van der Waals surface area contributed by atoms with Gasteiger partial charge in [-0.2, -0.15) is 8.42 Å². The predicted octanol–water partition coefficient (Wildman–Crippen LogP) is 0.0190. The molecule has 5 atom stereocenters. The monoisotopic (exact) mass is 378 g/mol. The van der Waals surface area contributed by atoms with Gasteiger partial charge in [-0.15, -0.1) is 0 Å². The molecule has 0 radical (unpaired) electrons. The maximum absolute atomic E-state index is 11.8. The van der Waals surface area contributed by atoms with Crippen LogP contribution in [0.25, 0.3) is 0 Å². The first kappa shape index (κ1) is 17.9. The number of carbonyl (C=O) groups is 2. The Balaban J connectivity index is 1.39. The van der Waals surface area contributed by atoms with Gasteiger partial charge < -0.3 is 14.2 Å². The van der Waals surface area contributed by atoms with E-state index in [1.54, 1.807) is 6.92 Å². The lowest BCUT2D eigenvalue weighted by molar-refractivity contribution is -0.152. The summed E-state index contributed by atoms with van der Waals surface area (Å²) < 4.78 is 44.5. The molecule has 0 aromatic heterocycles. The second-order valence-electron chi connectivity index (χ2n) is 5.88. The summed E-state index contributed by atoms with van der Waals surface area (Å²) in [5.41, 5.74) is 0.441. The molecule has 3 aliphatic heterocycles. The van der Waals surface area contributed by atoms with E-state index in [1.807, 2.05) is 0 Å². The van der Waals surface area contributed by atoms with Crippen LogP contribution in [0.1, 0.15) is 13.3 Å². The van der Waals surface area contributed by atoms with Gasteiger partial charge in [0.1, 0.15) is 36.8 Å². The van der Waals surface area contributed by atoms with Crippen LogP contribution in [0.15, 0.2) is 12.2 Å². The molecular formula is C14H18O8S2. The molecule has 0 aliphatic carbocycles. The molecule has 3 heterocycles. The molecule has 3 saturated heterocycles. The molecule has 0 N–H and O–H groups in total. The van der Waals surface area contributed by atoms with Crippen LogP contribution in [0.3, 0.4) is 0 Å². The Bertz CT molecular complexity index is 658. The van der Waals surface area contributed by atoms with E-state index in [-0.39, 0.29) is 24.4 Å². The Labute approximate surface area is 144 Å².